The minimum Gasteiger partial charge on any atom is -0.450 e. The molecule has 1 atom stereocenters. The molecule has 0 spiro atoms. The van der Waals surface area contributed by atoms with Crippen LogP contribution in [0.15, 0.2) is 46.0 Å². The largest absolute Gasteiger partial charge is 0.450 e. The van der Waals surface area contributed by atoms with E-state index in [0.29, 0.717) is 30.8 Å². The van der Waals surface area contributed by atoms with Gasteiger partial charge in [-0.25, -0.2) is 4.79 Å². The number of hydrogen-bond donors (Lipinski definition) is 1. The molecule has 7 heteroatoms. The Labute approximate surface area is 149 Å². The second kappa shape index (κ2) is 6.84. The summed E-state index contributed by atoms with van der Waals surface area (Å²) < 4.78 is 5.09. The van der Waals surface area contributed by atoms with E-state index in [2.05, 4.69) is 12.1 Å². The molecule has 0 saturated carbocycles. The quantitative estimate of drug-likeness (QED) is 0.881. The molecular weight excluding hydrogens is 336 g/mol. The average molecular weight is 352 g/mol. The summed E-state index contributed by atoms with van der Waals surface area (Å²) in [5.74, 6) is -0.270. The Morgan fingerprint density at radius 1 is 1.44 bits per heavy atom. The second-order valence-corrected chi connectivity index (χ2v) is 6.54. The molecule has 1 unspecified atom stereocenters. The van der Waals surface area contributed by atoms with Crippen molar-refractivity contribution in [2.45, 2.75) is 6.92 Å². The number of nitriles is 2. The van der Waals surface area contributed by atoms with Crippen molar-refractivity contribution >= 4 is 23.0 Å². The average Bonchev–Trinajstić information content (AvgIpc) is 3.14. The van der Waals surface area contributed by atoms with Crippen molar-refractivity contribution in [2.75, 3.05) is 19.7 Å². The first-order chi connectivity index (χ1) is 12.1. The van der Waals surface area contributed by atoms with Gasteiger partial charge in [0.2, 0.25) is 0 Å². The minimum atomic E-state index is -0.400. The van der Waals surface area contributed by atoms with E-state index >= 15 is 0 Å². The molecule has 1 aromatic rings. The van der Waals surface area contributed by atoms with Crippen molar-refractivity contribution in [3.63, 3.8) is 0 Å². The van der Waals surface area contributed by atoms with Gasteiger partial charge in [0, 0.05) is 23.9 Å². The van der Waals surface area contributed by atoms with Gasteiger partial charge in [-0.15, -0.1) is 11.3 Å². The maximum Gasteiger partial charge on any atom is 0.410 e. The van der Waals surface area contributed by atoms with E-state index in [1.54, 1.807) is 11.8 Å². The van der Waals surface area contributed by atoms with Crippen LogP contribution in [0, 0.1) is 28.6 Å². The smallest absolute Gasteiger partial charge is 0.410 e. The number of thiophene rings is 1. The molecule has 1 aromatic heterocycles. The highest BCUT2D eigenvalue weighted by atomic mass is 32.1. The summed E-state index contributed by atoms with van der Waals surface area (Å²) in [7, 11) is 0. The van der Waals surface area contributed by atoms with Gasteiger partial charge in [-0.05, 0) is 29.5 Å². The van der Waals surface area contributed by atoms with Crippen LogP contribution in [0.25, 0.3) is 5.57 Å². The normalized spacial score (nSPS) is 19.7. The number of amides is 1. The molecule has 0 fully saturated rings. The Morgan fingerprint density at radius 3 is 2.80 bits per heavy atom. The SMILES string of the molecule is CCOC(=O)N1CC=C2C(C#N)=C(N)C(C#N)=C(c3cccs3)C2C1. The first-order valence-corrected chi connectivity index (χ1v) is 8.70. The maximum absolute atomic E-state index is 12.1. The third kappa shape index (κ3) is 2.79. The molecule has 25 heavy (non-hydrogen) atoms. The Kier molecular flexibility index (Phi) is 4.60. The number of ether oxygens (including phenoxy) is 1. The number of allylic oxidation sites excluding steroid dienone is 2. The zero-order valence-electron chi connectivity index (χ0n) is 13.7. The monoisotopic (exact) mass is 352 g/mol. The van der Waals surface area contributed by atoms with E-state index in [0.717, 1.165) is 16.0 Å². The van der Waals surface area contributed by atoms with E-state index in [-0.39, 0.29) is 11.6 Å². The van der Waals surface area contributed by atoms with Crippen LogP contribution < -0.4 is 5.73 Å². The van der Waals surface area contributed by atoms with E-state index < -0.39 is 6.09 Å². The Hall–Kier alpha value is -3.03. The van der Waals surface area contributed by atoms with E-state index in [9.17, 15) is 15.3 Å². The van der Waals surface area contributed by atoms with Crippen LogP contribution in [0.1, 0.15) is 11.8 Å². The topological polar surface area (TPSA) is 103 Å². The van der Waals surface area contributed by atoms with Gasteiger partial charge in [0.25, 0.3) is 0 Å². The molecule has 1 aliphatic heterocycles. The lowest BCUT2D eigenvalue weighted by Gasteiger charge is -2.36. The molecule has 0 aromatic carbocycles. The number of nitrogens with zero attached hydrogens (tertiary/aromatic N) is 3. The molecule has 1 amide bonds. The summed E-state index contributed by atoms with van der Waals surface area (Å²) >= 11 is 1.50. The Bertz CT molecular complexity index is 881. The maximum atomic E-state index is 12.1. The van der Waals surface area contributed by atoms with Crippen LogP contribution in [0.3, 0.4) is 0 Å². The summed E-state index contributed by atoms with van der Waals surface area (Å²) in [6.07, 6.45) is 1.43. The summed E-state index contributed by atoms with van der Waals surface area (Å²) in [4.78, 5) is 14.6. The molecule has 0 bridgehead atoms. The van der Waals surface area contributed by atoms with Gasteiger partial charge in [-0.3, -0.25) is 0 Å². The number of fused-ring (bicyclic) bond motifs is 1. The predicted molar refractivity (Wildman–Crippen MR) is 93.8 cm³/mol. The molecule has 126 valence electrons. The summed E-state index contributed by atoms with van der Waals surface area (Å²) in [6.45, 7) is 2.75. The van der Waals surface area contributed by atoms with E-state index in [1.807, 2.05) is 23.6 Å². The highest BCUT2D eigenvalue weighted by Gasteiger charge is 2.38. The molecule has 2 aliphatic rings. The van der Waals surface area contributed by atoms with Crippen molar-refractivity contribution < 1.29 is 9.53 Å². The zero-order chi connectivity index (χ0) is 18.0. The van der Waals surface area contributed by atoms with Gasteiger partial charge in [0.1, 0.15) is 12.1 Å². The van der Waals surface area contributed by atoms with Crippen LogP contribution in [0.4, 0.5) is 4.79 Å². The van der Waals surface area contributed by atoms with Crippen molar-refractivity contribution in [3.8, 4) is 12.1 Å². The Balaban J connectivity index is 2.14. The van der Waals surface area contributed by atoms with Crippen LogP contribution in [0.5, 0.6) is 0 Å². The molecule has 6 nitrogen and oxygen atoms in total. The lowest BCUT2D eigenvalue weighted by Crippen LogP contribution is -2.41. The van der Waals surface area contributed by atoms with Gasteiger partial charge >= 0.3 is 6.09 Å². The molecular formula is C18H16N4O2S. The first kappa shape index (κ1) is 16.8. The summed E-state index contributed by atoms with van der Waals surface area (Å²) in [6, 6.07) is 8.09. The molecule has 0 radical (unpaired) electrons. The first-order valence-electron chi connectivity index (χ1n) is 7.82. The third-order valence-corrected chi connectivity index (χ3v) is 5.19. The van der Waals surface area contributed by atoms with Crippen LogP contribution in [-0.2, 0) is 4.74 Å². The fourth-order valence-electron chi connectivity index (χ4n) is 3.20. The summed E-state index contributed by atoms with van der Waals surface area (Å²) in [5, 5.41) is 21.1. The fraction of sp³-hybridized carbons (Fsp3) is 0.278. The van der Waals surface area contributed by atoms with E-state index in [4.69, 9.17) is 10.5 Å². The standard InChI is InChI=1S/C18H16N4O2S/c1-2-24-18(23)22-6-5-11-12(8-19)17(21)13(9-20)16(14(11)10-22)15-4-3-7-25-15/h3-5,7,14H,2,6,10,21H2,1H3. The number of carbonyl (C=O) groups is 1. The van der Waals surface area contributed by atoms with Crippen molar-refractivity contribution in [1.82, 2.24) is 4.90 Å². The van der Waals surface area contributed by atoms with Gasteiger partial charge < -0.3 is 15.4 Å². The van der Waals surface area contributed by atoms with Gasteiger partial charge in [0.15, 0.2) is 0 Å². The second-order valence-electron chi connectivity index (χ2n) is 5.59. The van der Waals surface area contributed by atoms with Crippen LogP contribution >= 0.6 is 11.3 Å². The van der Waals surface area contributed by atoms with Gasteiger partial charge in [0.05, 0.1) is 23.5 Å². The number of carbonyl (C=O) groups excluding carboxylic acids is 1. The van der Waals surface area contributed by atoms with Crippen molar-refractivity contribution in [1.29, 1.82) is 10.5 Å². The summed E-state index contributed by atoms with van der Waals surface area (Å²) in [5.41, 5.74) is 8.52. The van der Waals surface area contributed by atoms with Crippen molar-refractivity contribution in [3.05, 3.63) is 50.9 Å². The molecule has 2 N–H and O–H groups in total. The zero-order valence-corrected chi connectivity index (χ0v) is 14.5. The lowest BCUT2D eigenvalue weighted by molar-refractivity contribution is 0.107. The van der Waals surface area contributed by atoms with Crippen molar-refractivity contribution in [2.24, 2.45) is 11.7 Å². The molecule has 1 aliphatic carbocycles. The fourth-order valence-corrected chi connectivity index (χ4v) is 4.03. The molecule has 0 saturated heterocycles. The third-order valence-electron chi connectivity index (χ3n) is 4.29. The number of hydrogen-bond acceptors (Lipinski definition) is 6. The Morgan fingerprint density at radius 2 is 2.20 bits per heavy atom. The predicted octanol–water partition coefficient (Wildman–Crippen LogP) is 2.79. The lowest BCUT2D eigenvalue weighted by atomic mass is 9.75. The van der Waals surface area contributed by atoms with Crippen LogP contribution in [-0.4, -0.2) is 30.7 Å². The highest BCUT2D eigenvalue weighted by molar-refractivity contribution is 7.11. The van der Waals surface area contributed by atoms with Crippen LogP contribution in [0.2, 0.25) is 0 Å². The van der Waals surface area contributed by atoms with Gasteiger partial charge in [-0.2, -0.15) is 10.5 Å². The molecule has 2 heterocycles. The number of rotatable bonds is 2. The van der Waals surface area contributed by atoms with Gasteiger partial charge in [-0.1, -0.05) is 12.1 Å². The number of nitrogens with two attached hydrogens (primary N) is 1. The molecule has 3 rings (SSSR count). The minimum absolute atomic E-state index is 0.209. The van der Waals surface area contributed by atoms with E-state index in [1.165, 1.54) is 11.3 Å². The highest BCUT2D eigenvalue weighted by Crippen LogP contribution is 2.44.